The van der Waals surface area contributed by atoms with Crippen LogP contribution in [0.4, 0.5) is 18.9 Å². The summed E-state index contributed by atoms with van der Waals surface area (Å²) >= 11 is 0. The van der Waals surface area contributed by atoms with Crippen molar-refractivity contribution < 1.29 is 31.9 Å². The number of aromatic nitrogens is 2. The van der Waals surface area contributed by atoms with Gasteiger partial charge in [-0.3, -0.25) is 9.78 Å². The minimum atomic E-state index is -1.90. The van der Waals surface area contributed by atoms with Crippen molar-refractivity contribution in [3.05, 3.63) is 77.5 Å². The number of carbonyl (C=O) groups excluding carboxylic acids is 1. The number of nitrogens with zero attached hydrogens (tertiary/aromatic N) is 2. The Morgan fingerprint density at radius 2 is 1.72 bits per heavy atom. The molecule has 0 aliphatic carbocycles. The van der Waals surface area contributed by atoms with E-state index in [9.17, 15) is 18.0 Å². The average molecular weight is 560 g/mol. The number of ether oxygens (including phenoxy) is 2. The lowest BCUT2D eigenvalue weighted by molar-refractivity contribution is -0.208. The Kier molecular flexibility index (Phi) is 8.55. The van der Waals surface area contributed by atoms with E-state index in [0.29, 0.717) is 31.1 Å². The molecule has 0 spiro atoms. The second-order valence-electron chi connectivity index (χ2n) is 11.0. The summed E-state index contributed by atoms with van der Waals surface area (Å²) in [7, 11) is -1.90. The molecule has 11 heteroatoms. The number of anilines is 1. The van der Waals surface area contributed by atoms with Crippen LogP contribution in [0.5, 0.6) is 0 Å². The fraction of sp³-hybridized carbons (Fsp3) is 0.393. The molecule has 1 fully saturated rings. The first-order valence-electron chi connectivity index (χ1n) is 12.6. The number of pyridine rings is 2. The molecule has 1 saturated heterocycles. The molecule has 3 aromatic rings. The summed E-state index contributed by atoms with van der Waals surface area (Å²) in [5.41, 5.74) is -0.660. The molecule has 39 heavy (non-hydrogen) atoms. The van der Waals surface area contributed by atoms with Gasteiger partial charge in [0.05, 0.1) is 30.7 Å². The summed E-state index contributed by atoms with van der Waals surface area (Å²) in [5.74, 6) is -3.61. The van der Waals surface area contributed by atoms with Crippen molar-refractivity contribution in [2.45, 2.75) is 45.2 Å². The maximum absolute atomic E-state index is 14.4. The first-order valence-corrected chi connectivity index (χ1v) is 15.5. The van der Waals surface area contributed by atoms with Gasteiger partial charge < -0.3 is 19.2 Å². The average Bonchev–Trinajstić information content (AvgIpc) is 2.88. The third-order valence-corrected chi connectivity index (χ3v) is 11.6. The van der Waals surface area contributed by atoms with E-state index in [0.717, 1.165) is 30.3 Å². The van der Waals surface area contributed by atoms with Crippen LogP contribution in [0, 0.1) is 23.4 Å². The van der Waals surface area contributed by atoms with Gasteiger partial charge in [-0.2, -0.15) is 0 Å². The summed E-state index contributed by atoms with van der Waals surface area (Å²) in [6, 6.07) is 6.86. The fourth-order valence-electron chi connectivity index (χ4n) is 3.73. The normalized spacial score (nSPS) is 18.2. The number of hydrogen-bond donors (Lipinski definition) is 1. The minimum Gasteiger partial charge on any atom is -0.416 e. The van der Waals surface area contributed by atoms with Crippen LogP contribution in [0.25, 0.3) is 11.3 Å². The highest BCUT2D eigenvalue weighted by atomic mass is 28.4. The molecule has 1 aliphatic rings. The Hall–Kier alpha value is -3.12. The zero-order chi connectivity index (χ0) is 28.4. The van der Waals surface area contributed by atoms with Crippen molar-refractivity contribution in [2.24, 2.45) is 5.92 Å². The van der Waals surface area contributed by atoms with Crippen LogP contribution < -0.4 is 5.32 Å². The highest BCUT2D eigenvalue weighted by molar-refractivity contribution is 6.74. The third-order valence-electron chi connectivity index (χ3n) is 7.09. The van der Waals surface area contributed by atoms with Gasteiger partial charge in [-0.25, -0.2) is 18.2 Å². The van der Waals surface area contributed by atoms with Gasteiger partial charge in [0.15, 0.2) is 14.6 Å². The highest BCUT2D eigenvalue weighted by Crippen LogP contribution is 2.37. The molecule has 0 atom stereocenters. The topological polar surface area (TPSA) is 82.6 Å². The molecule has 0 radical (unpaired) electrons. The monoisotopic (exact) mass is 559 g/mol. The van der Waals surface area contributed by atoms with E-state index in [1.165, 1.54) is 6.20 Å². The lowest BCUT2D eigenvalue weighted by Gasteiger charge is -2.38. The van der Waals surface area contributed by atoms with Crippen molar-refractivity contribution in [3.8, 4) is 11.3 Å². The van der Waals surface area contributed by atoms with E-state index >= 15 is 0 Å². The number of rotatable bonds is 7. The standard InChI is InChI=1S/C28H32F3N3O4Si/c1-28(2,3)39(4,5)38-16-17-14-36-27(37-15-17)18-11-12-32-13-23(18)34-26(35)22-10-9-21(31)25(33-22)24-19(29)7-6-8-20(24)30/h6-13,17,27H,14-16H2,1-5H3,(H,34,35)/t17-,27-. The molecule has 1 N–H and O–H groups in total. The van der Waals surface area contributed by atoms with E-state index in [2.05, 4.69) is 49.1 Å². The number of carbonyl (C=O) groups is 1. The molecule has 208 valence electrons. The molecule has 3 heterocycles. The van der Waals surface area contributed by atoms with Crippen molar-refractivity contribution >= 4 is 19.9 Å². The van der Waals surface area contributed by atoms with Gasteiger partial charge in [0.2, 0.25) is 0 Å². The predicted octanol–water partition coefficient (Wildman–Crippen LogP) is 6.50. The molecular formula is C28H32F3N3O4Si. The van der Waals surface area contributed by atoms with Crippen molar-refractivity contribution in [2.75, 3.05) is 25.1 Å². The number of halogens is 3. The zero-order valence-electron chi connectivity index (χ0n) is 22.6. The lowest BCUT2D eigenvalue weighted by Crippen LogP contribution is -2.43. The molecule has 2 aromatic heterocycles. The van der Waals surface area contributed by atoms with Gasteiger partial charge in [0.1, 0.15) is 28.8 Å². The van der Waals surface area contributed by atoms with Gasteiger partial charge in [0.25, 0.3) is 5.91 Å². The number of hydrogen-bond acceptors (Lipinski definition) is 6. The summed E-state index contributed by atoms with van der Waals surface area (Å²) in [5, 5.41) is 2.77. The first kappa shape index (κ1) is 28.9. The molecule has 7 nitrogen and oxygen atoms in total. The first-order chi connectivity index (χ1) is 18.4. The molecule has 0 unspecified atom stereocenters. The Morgan fingerprint density at radius 1 is 1.05 bits per heavy atom. The van der Waals surface area contributed by atoms with Crippen LogP contribution in [-0.4, -0.2) is 44.0 Å². The van der Waals surface area contributed by atoms with E-state index in [1.54, 1.807) is 12.3 Å². The fourth-order valence-corrected chi connectivity index (χ4v) is 4.82. The summed E-state index contributed by atoms with van der Waals surface area (Å²) in [6.45, 7) is 12.3. The van der Waals surface area contributed by atoms with E-state index < -0.39 is 49.2 Å². The molecule has 1 amide bonds. The van der Waals surface area contributed by atoms with Gasteiger partial charge in [-0.05, 0) is 48.5 Å². The van der Waals surface area contributed by atoms with Crippen molar-refractivity contribution in [1.29, 1.82) is 0 Å². The van der Waals surface area contributed by atoms with Gasteiger partial charge in [0, 0.05) is 24.3 Å². The quantitative estimate of drug-likeness (QED) is 0.333. The SMILES string of the molecule is CC(C)(C)[Si](C)(C)OC[C@H]1CO[C@H](c2ccncc2NC(=O)c2ccc(F)c(-c3c(F)cccc3F)n2)OC1. The number of nitrogens with one attached hydrogen (secondary N) is 1. The maximum atomic E-state index is 14.4. The van der Waals surface area contributed by atoms with Crippen LogP contribution in [-0.2, 0) is 13.9 Å². The second kappa shape index (κ2) is 11.5. The third kappa shape index (κ3) is 6.55. The number of benzene rings is 1. The van der Waals surface area contributed by atoms with E-state index in [1.807, 2.05) is 0 Å². The Morgan fingerprint density at radius 3 is 2.36 bits per heavy atom. The zero-order valence-corrected chi connectivity index (χ0v) is 23.6. The molecule has 0 bridgehead atoms. The smallest absolute Gasteiger partial charge is 0.274 e. The highest BCUT2D eigenvalue weighted by Gasteiger charge is 2.38. The molecule has 4 rings (SSSR count). The van der Waals surface area contributed by atoms with Crippen LogP contribution in [0.1, 0.15) is 43.1 Å². The molecule has 1 aromatic carbocycles. The van der Waals surface area contributed by atoms with Crippen molar-refractivity contribution in [3.63, 3.8) is 0 Å². The summed E-state index contributed by atoms with van der Waals surface area (Å²) in [4.78, 5) is 21.0. The summed E-state index contributed by atoms with van der Waals surface area (Å²) in [6.07, 6.45) is 2.21. The molecule has 0 saturated carbocycles. The minimum absolute atomic E-state index is 0.0656. The van der Waals surface area contributed by atoms with Crippen LogP contribution >= 0.6 is 0 Å². The van der Waals surface area contributed by atoms with E-state index in [4.69, 9.17) is 13.9 Å². The molecule has 1 aliphatic heterocycles. The maximum Gasteiger partial charge on any atom is 0.274 e. The van der Waals surface area contributed by atoms with Crippen LogP contribution in [0.15, 0.2) is 48.8 Å². The Labute approximate surface area is 226 Å². The summed E-state index contributed by atoms with van der Waals surface area (Å²) < 4.78 is 61.2. The van der Waals surface area contributed by atoms with Crippen molar-refractivity contribution in [1.82, 2.24) is 9.97 Å². The largest absolute Gasteiger partial charge is 0.416 e. The Balaban J connectivity index is 1.45. The van der Waals surface area contributed by atoms with Gasteiger partial charge in [-0.1, -0.05) is 26.8 Å². The second-order valence-corrected chi connectivity index (χ2v) is 15.8. The number of amides is 1. The lowest BCUT2D eigenvalue weighted by atomic mass is 10.1. The van der Waals surface area contributed by atoms with E-state index in [-0.39, 0.29) is 16.7 Å². The van der Waals surface area contributed by atoms with Gasteiger partial charge in [-0.15, -0.1) is 0 Å². The van der Waals surface area contributed by atoms with Crippen LogP contribution in [0.3, 0.4) is 0 Å². The van der Waals surface area contributed by atoms with Gasteiger partial charge >= 0.3 is 0 Å². The Bertz CT molecular complexity index is 1320. The molecular weight excluding hydrogens is 527 g/mol. The van der Waals surface area contributed by atoms with Crippen LogP contribution in [0.2, 0.25) is 18.1 Å². The predicted molar refractivity (Wildman–Crippen MR) is 143 cm³/mol.